The van der Waals surface area contributed by atoms with E-state index in [2.05, 4.69) is 5.32 Å². The number of rotatable bonds is 7. The van der Waals surface area contributed by atoms with Crippen LogP contribution >= 0.6 is 11.6 Å². The third kappa shape index (κ3) is 6.04. The van der Waals surface area contributed by atoms with Crippen LogP contribution in [0.1, 0.15) is 12.5 Å². The molecule has 0 aliphatic heterocycles. The minimum absolute atomic E-state index is 0.159. The molecular weight excluding hydrogens is 280 g/mol. The molecule has 1 unspecified atom stereocenters. The van der Waals surface area contributed by atoms with Gasteiger partial charge in [0.15, 0.2) is 0 Å². The predicted molar refractivity (Wildman–Crippen MR) is 77.9 cm³/mol. The van der Waals surface area contributed by atoms with E-state index < -0.39 is 5.97 Å². The number of carbonyl (C=O) groups excluding carboxylic acids is 1. The highest BCUT2D eigenvalue weighted by molar-refractivity contribution is 6.30. The summed E-state index contributed by atoms with van der Waals surface area (Å²) >= 11 is 5.83. The Morgan fingerprint density at radius 3 is 2.50 bits per heavy atom. The number of hydrogen-bond acceptors (Lipinski definition) is 3. The van der Waals surface area contributed by atoms with Crippen LogP contribution in [-0.4, -0.2) is 48.1 Å². The van der Waals surface area contributed by atoms with Gasteiger partial charge in [-0.2, -0.15) is 0 Å². The van der Waals surface area contributed by atoms with Crippen molar-refractivity contribution < 1.29 is 14.7 Å². The maximum atomic E-state index is 11.5. The van der Waals surface area contributed by atoms with Crippen molar-refractivity contribution in [2.24, 2.45) is 0 Å². The van der Waals surface area contributed by atoms with Crippen molar-refractivity contribution in [2.45, 2.75) is 19.4 Å². The van der Waals surface area contributed by atoms with Crippen LogP contribution < -0.4 is 5.32 Å². The molecule has 1 aromatic carbocycles. The van der Waals surface area contributed by atoms with E-state index in [1.54, 1.807) is 0 Å². The monoisotopic (exact) mass is 298 g/mol. The standard InChI is InChI=1S/C14H19ClN2O3/c1-10(7-11-3-5-12(15)6-4-11)17(2)9-13(18)16-8-14(19)20/h3-6,10H,7-9H2,1-2H3,(H,16,18)(H,19,20). The van der Waals surface area contributed by atoms with Crippen LogP contribution in [0.2, 0.25) is 5.02 Å². The van der Waals surface area contributed by atoms with Gasteiger partial charge in [0.05, 0.1) is 6.54 Å². The molecule has 0 bridgehead atoms. The summed E-state index contributed by atoms with van der Waals surface area (Å²) in [6.45, 7) is 1.83. The second-order valence-electron chi connectivity index (χ2n) is 4.77. The molecule has 5 nitrogen and oxygen atoms in total. The highest BCUT2D eigenvalue weighted by Crippen LogP contribution is 2.12. The van der Waals surface area contributed by atoms with E-state index in [1.807, 2.05) is 43.1 Å². The first-order valence-corrected chi connectivity index (χ1v) is 6.69. The van der Waals surface area contributed by atoms with Crippen molar-refractivity contribution >= 4 is 23.5 Å². The SMILES string of the molecule is CC(Cc1ccc(Cl)cc1)N(C)CC(=O)NCC(=O)O. The van der Waals surface area contributed by atoms with Gasteiger partial charge in [-0.1, -0.05) is 23.7 Å². The molecule has 2 N–H and O–H groups in total. The number of carboxylic acid groups (broad SMARTS) is 1. The Hall–Kier alpha value is -1.59. The topological polar surface area (TPSA) is 69.6 Å². The van der Waals surface area contributed by atoms with Crippen molar-refractivity contribution in [3.05, 3.63) is 34.9 Å². The lowest BCUT2D eigenvalue weighted by molar-refractivity contribution is -0.138. The van der Waals surface area contributed by atoms with Crippen LogP contribution in [0.25, 0.3) is 0 Å². The largest absolute Gasteiger partial charge is 0.480 e. The van der Waals surface area contributed by atoms with Gasteiger partial charge >= 0.3 is 5.97 Å². The Balaban J connectivity index is 2.42. The summed E-state index contributed by atoms with van der Waals surface area (Å²) in [6, 6.07) is 7.74. The fraction of sp³-hybridized carbons (Fsp3) is 0.429. The number of carbonyl (C=O) groups is 2. The van der Waals surface area contributed by atoms with E-state index >= 15 is 0 Å². The van der Waals surface area contributed by atoms with Gasteiger partial charge in [-0.15, -0.1) is 0 Å². The fourth-order valence-electron chi connectivity index (χ4n) is 1.73. The normalized spacial score (nSPS) is 12.2. The minimum Gasteiger partial charge on any atom is -0.480 e. The molecule has 20 heavy (non-hydrogen) atoms. The van der Waals surface area contributed by atoms with Crippen molar-refractivity contribution in [3.8, 4) is 0 Å². The Labute approximate surface area is 123 Å². The number of halogens is 1. The molecule has 0 saturated heterocycles. The quantitative estimate of drug-likeness (QED) is 0.798. The lowest BCUT2D eigenvalue weighted by Crippen LogP contribution is -2.41. The van der Waals surface area contributed by atoms with Crippen molar-refractivity contribution in [2.75, 3.05) is 20.1 Å². The van der Waals surface area contributed by atoms with Crippen LogP contribution in [0.15, 0.2) is 24.3 Å². The molecule has 0 aliphatic carbocycles. The molecule has 1 aromatic rings. The van der Waals surface area contributed by atoms with Gasteiger partial charge in [0.1, 0.15) is 6.54 Å². The third-order valence-electron chi connectivity index (χ3n) is 3.03. The number of nitrogens with one attached hydrogen (secondary N) is 1. The minimum atomic E-state index is -1.05. The van der Waals surface area contributed by atoms with Crippen LogP contribution in [0.4, 0.5) is 0 Å². The summed E-state index contributed by atoms with van der Waals surface area (Å²) in [5, 5.41) is 11.5. The highest BCUT2D eigenvalue weighted by Gasteiger charge is 2.14. The van der Waals surface area contributed by atoms with Crippen molar-refractivity contribution in [1.82, 2.24) is 10.2 Å². The lowest BCUT2D eigenvalue weighted by atomic mass is 10.1. The Kier molecular flexibility index (Phi) is 6.48. The molecule has 0 aromatic heterocycles. The molecule has 6 heteroatoms. The molecule has 0 radical (unpaired) electrons. The molecule has 1 amide bonds. The number of nitrogens with zero attached hydrogens (tertiary/aromatic N) is 1. The van der Waals surface area contributed by atoms with E-state index in [0.29, 0.717) is 5.02 Å². The molecule has 0 heterocycles. The van der Waals surface area contributed by atoms with Gasteiger partial charge in [0, 0.05) is 11.1 Å². The molecule has 0 aliphatic rings. The number of aliphatic carboxylic acids is 1. The smallest absolute Gasteiger partial charge is 0.322 e. The summed E-state index contributed by atoms with van der Waals surface area (Å²) in [5.74, 6) is -1.34. The Morgan fingerprint density at radius 1 is 1.35 bits per heavy atom. The predicted octanol–water partition coefficient (Wildman–Crippen LogP) is 1.40. The summed E-state index contributed by atoms with van der Waals surface area (Å²) in [7, 11) is 1.83. The van der Waals surface area contributed by atoms with E-state index in [0.717, 1.165) is 12.0 Å². The number of likely N-dealkylation sites (N-methyl/N-ethyl adjacent to an activating group) is 1. The van der Waals surface area contributed by atoms with E-state index in [9.17, 15) is 9.59 Å². The van der Waals surface area contributed by atoms with Crippen molar-refractivity contribution in [3.63, 3.8) is 0 Å². The third-order valence-corrected chi connectivity index (χ3v) is 3.28. The molecule has 0 spiro atoms. The maximum Gasteiger partial charge on any atom is 0.322 e. The van der Waals surface area contributed by atoms with Crippen LogP contribution in [0.3, 0.4) is 0 Å². The fourth-order valence-corrected chi connectivity index (χ4v) is 1.86. The van der Waals surface area contributed by atoms with Gasteiger partial charge in [-0.05, 0) is 38.1 Å². The number of carboxylic acids is 1. The van der Waals surface area contributed by atoms with Gasteiger partial charge in [0.2, 0.25) is 5.91 Å². The second-order valence-corrected chi connectivity index (χ2v) is 5.20. The number of amides is 1. The first kappa shape index (κ1) is 16.5. The van der Waals surface area contributed by atoms with Crippen LogP contribution in [-0.2, 0) is 16.0 Å². The molecule has 110 valence electrons. The molecule has 1 rings (SSSR count). The second kappa shape index (κ2) is 7.87. The lowest BCUT2D eigenvalue weighted by Gasteiger charge is -2.24. The van der Waals surface area contributed by atoms with Crippen molar-refractivity contribution in [1.29, 1.82) is 0 Å². The zero-order valence-corrected chi connectivity index (χ0v) is 12.4. The van der Waals surface area contributed by atoms with Crippen LogP contribution in [0, 0.1) is 0 Å². The Morgan fingerprint density at radius 2 is 1.95 bits per heavy atom. The average Bonchev–Trinajstić information content (AvgIpc) is 2.39. The first-order valence-electron chi connectivity index (χ1n) is 6.31. The van der Waals surface area contributed by atoms with Crippen LogP contribution in [0.5, 0.6) is 0 Å². The molecule has 0 saturated carbocycles. The molecule has 1 atom stereocenters. The first-order chi connectivity index (χ1) is 9.38. The van der Waals surface area contributed by atoms with Gasteiger partial charge < -0.3 is 10.4 Å². The summed E-state index contributed by atoms with van der Waals surface area (Å²) in [4.78, 5) is 23.8. The van der Waals surface area contributed by atoms with E-state index in [1.165, 1.54) is 0 Å². The summed E-state index contributed by atoms with van der Waals surface area (Å²) in [5.41, 5.74) is 1.14. The Bertz CT molecular complexity index is 462. The number of benzene rings is 1. The molecular formula is C14H19ClN2O3. The van der Waals surface area contributed by atoms with Gasteiger partial charge in [-0.3, -0.25) is 14.5 Å². The van der Waals surface area contributed by atoms with E-state index in [-0.39, 0.29) is 25.0 Å². The van der Waals surface area contributed by atoms with Gasteiger partial charge in [-0.25, -0.2) is 0 Å². The maximum absolute atomic E-state index is 11.5. The number of hydrogen-bond donors (Lipinski definition) is 2. The zero-order valence-electron chi connectivity index (χ0n) is 11.6. The average molecular weight is 299 g/mol. The highest BCUT2D eigenvalue weighted by atomic mass is 35.5. The summed E-state index contributed by atoms with van der Waals surface area (Å²) in [6.07, 6.45) is 0.792. The summed E-state index contributed by atoms with van der Waals surface area (Å²) < 4.78 is 0. The van der Waals surface area contributed by atoms with Gasteiger partial charge in [0.25, 0.3) is 0 Å². The zero-order chi connectivity index (χ0) is 15.1. The molecule has 0 fully saturated rings. The van der Waals surface area contributed by atoms with E-state index in [4.69, 9.17) is 16.7 Å².